The molecule has 0 aromatic heterocycles. The van der Waals surface area contributed by atoms with Crippen LogP contribution in [0.1, 0.15) is 76.0 Å². The number of hydrogen-bond donors (Lipinski definition) is 1. The number of carbonyl (C=O) groups is 1. The van der Waals surface area contributed by atoms with Gasteiger partial charge in [-0.15, -0.1) is 0 Å². The lowest BCUT2D eigenvalue weighted by molar-refractivity contribution is -0.137. The summed E-state index contributed by atoms with van der Waals surface area (Å²) in [4.78, 5) is 14.8. The molecule has 4 nitrogen and oxygen atoms in total. The van der Waals surface area contributed by atoms with E-state index in [1.807, 2.05) is 18.2 Å². The highest BCUT2D eigenvalue weighted by Gasteiger charge is 2.38. The molecular formula is C34H39BBrNO3. The van der Waals surface area contributed by atoms with Crippen molar-refractivity contribution in [3.63, 3.8) is 0 Å². The van der Waals surface area contributed by atoms with Crippen LogP contribution in [0.5, 0.6) is 5.75 Å². The molecule has 0 saturated heterocycles. The molecule has 1 N–H and O–H groups in total. The number of rotatable bonds is 13. The molecule has 6 heteroatoms. The normalized spacial score (nSPS) is 15.7. The Balaban J connectivity index is 1.35. The van der Waals surface area contributed by atoms with Crippen LogP contribution in [0.3, 0.4) is 0 Å². The fraction of sp³-hybridized carbons (Fsp3) is 0.382. The first-order valence-electron chi connectivity index (χ1n) is 14.4. The van der Waals surface area contributed by atoms with Gasteiger partial charge in [-0.05, 0) is 78.3 Å². The summed E-state index contributed by atoms with van der Waals surface area (Å²) in [6, 6.07) is 18.2. The summed E-state index contributed by atoms with van der Waals surface area (Å²) in [6.45, 7) is 8.87. The fourth-order valence-electron chi connectivity index (χ4n) is 5.62. The number of anilines is 1. The van der Waals surface area contributed by atoms with Gasteiger partial charge in [0.05, 0.1) is 6.61 Å². The van der Waals surface area contributed by atoms with E-state index in [1.165, 1.54) is 28.3 Å². The van der Waals surface area contributed by atoms with Gasteiger partial charge in [-0.2, -0.15) is 0 Å². The first-order chi connectivity index (χ1) is 19.3. The van der Waals surface area contributed by atoms with Gasteiger partial charge in [-0.25, -0.2) is 4.79 Å². The Bertz CT molecular complexity index is 1310. The van der Waals surface area contributed by atoms with Crippen LogP contribution in [0.15, 0.2) is 65.1 Å². The molecule has 3 aromatic rings. The number of ether oxygens (including phenoxy) is 1. The van der Waals surface area contributed by atoms with Crippen molar-refractivity contribution in [3.05, 3.63) is 81.8 Å². The van der Waals surface area contributed by atoms with Gasteiger partial charge in [0, 0.05) is 46.4 Å². The van der Waals surface area contributed by atoms with Crippen molar-refractivity contribution in [1.82, 2.24) is 0 Å². The number of fused-ring (bicyclic) bond motifs is 3. The molecular weight excluding hydrogens is 561 g/mol. The number of unbranched alkanes of at least 4 members (excludes halogenated alkanes) is 2. The van der Waals surface area contributed by atoms with Gasteiger partial charge >= 0.3 is 5.97 Å². The first kappa shape index (κ1) is 30.0. The molecule has 0 saturated carbocycles. The zero-order chi connectivity index (χ0) is 28.7. The number of carbonyl (C=O) groups excluding carboxylic acids is 1. The van der Waals surface area contributed by atoms with E-state index in [4.69, 9.17) is 12.6 Å². The second kappa shape index (κ2) is 13.6. The van der Waals surface area contributed by atoms with Crippen molar-refractivity contribution < 1.29 is 14.6 Å². The fourth-order valence-corrected chi connectivity index (χ4v) is 5.98. The Kier molecular flexibility index (Phi) is 10.2. The van der Waals surface area contributed by atoms with Gasteiger partial charge in [0.2, 0.25) is 0 Å². The third-order valence-electron chi connectivity index (χ3n) is 7.91. The Hall–Kier alpha value is -2.99. The molecule has 40 heavy (non-hydrogen) atoms. The van der Waals surface area contributed by atoms with Gasteiger partial charge in [0.1, 0.15) is 13.6 Å². The van der Waals surface area contributed by atoms with E-state index in [9.17, 15) is 9.90 Å². The maximum absolute atomic E-state index is 12.5. The molecule has 2 radical (unpaired) electrons. The van der Waals surface area contributed by atoms with Crippen LogP contribution >= 0.6 is 15.9 Å². The Morgan fingerprint density at radius 1 is 0.975 bits per heavy atom. The number of phenolic OH excluding ortho intramolecular Hbond substituents is 1. The number of benzene rings is 3. The molecule has 0 aliphatic heterocycles. The molecule has 0 heterocycles. The lowest BCUT2D eigenvalue weighted by Gasteiger charge is -2.28. The molecule has 1 aliphatic rings. The number of esters is 1. The first-order valence-corrected chi connectivity index (χ1v) is 15.2. The van der Waals surface area contributed by atoms with Crippen molar-refractivity contribution >= 4 is 47.0 Å². The largest absolute Gasteiger partial charge is 0.507 e. The molecule has 4 rings (SSSR count). The van der Waals surface area contributed by atoms with Gasteiger partial charge in [-0.3, -0.25) is 0 Å². The van der Waals surface area contributed by atoms with Gasteiger partial charge in [0.15, 0.2) is 0 Å². The average molecular weight is 600 g/mol. The molecule has 0 spiro atoms. The van der Waals surface area contributed by atoms with E-state index in [0.717, 1.165) is 60.8 Å². The molecule has 1 atom stereocenters. The van der Waals surface area contributed by atoms with E-state index >= 15 is 0 Å². The molecule has 0 fully saturated rings. The maximum Gasteiger partial charge on any atom is 0.330 e. The Labute approximate surface area is 249 Å². The summed E-state index contributed by atoms with van der Waals surface area (Å²) in [5.41, 5.74) is 7.05. The van der Waals surface area contributed by atoms with Crippen LogP contribution in [-0.2, 0) is 14.9 Å². The molecule has 0 amide bonds. The quantitative estimate of drug-likeness (QED) is 0.0947. The third-order valence-corrected chi connectivity index (χ3v) is 8.40. The molecule has 0 bridgehead atoms. The van der Waals surface area contributed by atoms with Crippen LogP contribution in [0.4, 0.5) is 5.69 Å². The van der Waals surface area contributed by atoms with E-state index < -0.39 is 5.97 Å². The number of halogens is 1. The van der Waals surface area contributed by atoms with Crippen LogP contribution in [0.25, 0.3) is 17.2 Å². The maximum atomic E-state index is 12.5. The van der Waals surface area contributed by atoms with Crippen LogP contribution < -0.4 is 10.4 Å². The molecule has 1 unspecified atom stereocenters. The molecule has 3 aromatic carbocycles. The van der Waals surface area contributed by atoms with Crippen molar-refractivity contribution in [2.45, 2.75) is 64.7 Å². The predicted octanol–water partition coefficient (Wildman–Crippen LogP) is 7.68. The number of phenols is 1. The average Bonchev–Trinajstić information content (AvgIpc) is 3.17. The second-order valence-electron chi connectivity index (χ2n) is 10.9. The van der Waals surface area contributed by atoms with Crippen molar-refractivity contribution in [1.29, 1.82) is 0 Å². The van der Waals surface area contributed by atoms with E-state index in [0.29, 0.717) is 18.6 Å². The molecule has 208 valence electrons. The zero-order valence-electron chi connectivity index (χ0n) is 23.9. The van der Waals surface area contributed by atoms with Crippen molar-refractivity contribution in [2.75, 3.05) is 24.6 Å². The van der Waals surface area contributed by atoms with Crippen LogP contribution in [0, 0.1) is 0 Å². The minimum absolute atomic E-state index is 0.163. The minimum atomic E-state index is -0.416. The van der Waals surface area contributed by atoms with Gasteiger partial charge < -0.3 is 14.7 Å². The number of nitrogens with zero attached hydrogens (tertiary/aromatic N) is 1. The summed E-state index contributed by atoms with van der Waals surface area (Å²) in [6.07, 6.45) is 9.02. The van der Waals surface area contributed by atoms with Gasteiger partial charge in [-0.1, -0.05) is 79.3 Å². The highest BCUT2D eigenvalue weighted by atomic mass is 79.9. The van der Waals surface area contributed by atoms with E-state index in [-0.39, 0.29) is 11.2 Å². The Morgan fingerprint density at radius 2 is 1.65 bits per heavy atom. The van der Waals surface area contributed by atoms with Crippen LogP contribution in [-0.4, -0.2) is 38.6 Å². The third kappa shape index (κ3) is 6.83. The highest BCUT2D eigenvalue weighted by molar-refractivity contribution is 9.10. The lowest BCUT2D eigenvalue weighted by atomic mass is 9.75. The number of aromatic hydroxyl groups is 1. The monoisotopic (exact) mass is 599 g/mol. The van der Waals surface area contributed by atoms with E-state index in [2.05, 4.69) is 71.9 Å². The summed E-state index contributed by atoms with van der Waals surface area (Å²) in [5, 5.41) is 10.6. The predicted molar refractivity (Wildman–Crippen MR) is 171 cm³/mol. The van der Waals surface area contributed by atoms with E-state index in [1.54, 1.807) is 12.1 Å². The number of hydrogen-bond acceptors (Lipinski definition) is 4. The second-order valence-corrected chi connectivity index (χ2v) is 11.8. The SMILES string of the molecule is [B]c1ccc2c(c1)C(C)(CCCOC(=O)/C=C/c1ccc(N(CCCC)CCCC)cc1O)c1cc(Br)ccc1-2. The van der Waals surface area contributed by atoms with Crippen LogP contribution in [0.2, 0.25) is 0 Å². The lowest BCUT2D eigenvalue weighted by Crippen LogP contribution is -2.25. The summed E-state index contributed by atoms with van der Waals surface area (Å²) in [7, 11) is 6.16. The zero-order valence-corrected chi connectivity index (χ0v) is 25.5. The summed E-state index contributed by atoms with van der Waals surface area (Å²) >= 11 is 3.63. The standard InChI is InChI=1S/C34H39BBrNO3/c1-4-6-18-37(19-7-5-2)27-13-9-24(32(38)23-27)10-16-33(39)40-20-8-17-34(3)30-21-25(35)11-14-28(30)29-15-12-26(36)22-31(29)34/h9-16,21-23,38H,4-8,17-20H2,1-3H3/b16-10+. The highest BCUT2D eigenvalue weighted by Crippen LogP contribution is 2.51. The van der Waals surface area contributed by atoms with Crippen molar-refractivity contribution in [2.24, 2.45) is 0 Å². The Morgan fingerprint density at radius 3 is 2.33 bits per heavy atom. The summed E-state index contributed by atoms with van der Waals surface area (Å²) < 4.78 is 6.58. The topological polar surface area (TPSA) is 49.8 Å². The summed E-state index contributed by atoms with van der Waals surface area (Å²) in [5.74, 6) is -0.253. The van der Waals surface area contributed by atoms with Gasteiger partial charge in [0.25, 0.3) is 0 Å². The molecule has 1 aliphatic carbocycles. The van der Waals surface area contributed by atoms with Crippen molar-refractivity contribution in [3.8, 4) is 16.9 Å². The smallest absolute Gasteiger partial charge is 0.330 e. The minimum Gasteiger partial charge on any atom is -0.507 e.